The van der Waals surface area contributed by atoms with Gasteiger partial charge in [0, 0.05) is 12.4 Å². The van der Waals surface area contributed by atoms with Gasteiger partial charge in [-0.1, -0.05) is 0 Å². The fourth-order valence-electron chi connectivity index (χ4n) is 1.28. The van der Waals surface area contributed by atoms with Crippen LogP contribution in [0.1, 0.15) is 5.56 Å². The second-order valence-corrected chi connectivity index (χ2v) is 3.13. The summed E-state index contributed by atoms with van der Waals surface area (Å²) in [4.78, 5) is 0. The Morgan fingerprint density at radius 1 is 1.12 bits per heavy atom. The zero-order valence-electron chi connectivity index (χ0n) is 8.11. The van der Waals surface area contributed by atoms with Gasteiger partial charge in [0.05, 0.1) is 11.6 Å². The van der Waals surface area contributed by atoms with Crippen molar-refractivity contribution in [3.8, 4) is 6.07 Å². The maximum absolute atomic E-state index is 13.4. The number of rotatable bonds is 2. The quantitative estimate of drug-likeness (QED) is 0.843. The lowest BCUT2D eigenvalue weighted by Crippen LogP contribution is -2.09. The molecule has 0 amide bonds. The standard InChI is InChI=1S/C11H7F2N3/c12-9-5-8(7-14)6-10(13)11(9)15-16-3-1-2-4-16/h1-6,15H. The fraction of sp³-hybridized carbons (Fsp3) is 0. The molecule has 80 valence electrons. The summed E-state index contributed by atoms with van der Waals surface area (Å²) in [6, 6.07) is 7.07. The first-order valence-electron chi connectivity index (χ1n) is 4.50. The molecule has 0 radical (unpaired) electrons. The summed E-state index contributed by atoms with van der Waals surface area (Å²) in [5.41, 5.74) is 2.20. The number of hydrogen-bond donors (Lipinski definition) is 1. The average molecular weight is 219 g/mol. The third kappa shape index (κ3) is 1.86. The third-order valence-corrected chi connectivity index (χ3v) is 2.02. The molecule has 1 heterocycles. The minimum Gasteiger partial charge on any atom is -0.289 e. The molecule has 0 aliphatic carbocycles. The molecule has 0 fully saturated rings. The molecule has 0 atom stereocenters. The summed E-state index contributed by atoms with van der Waals surface area (Å²) in [5, 5.41) is 8.53. The van der Waals surface area contributed by atoms with E-state index >= 15 is 0 Å². The molecule has 0 aliphatic heterocycles. The van der Waals surface area contributed by atoms with Crippen LogP contribution in [0.25, 0.3) is 0 Å². The Balaban J connectivity index is 2.39. The zero-order chi connectivity index (χ0) is 11.5. The van der Waals surface area contributed by atoms with E-state index in [2.05, 4.69) is 5.43 Å². The van der Waals surface area contributed by atoms with Gasteiger partial charge in [-0.15, -0.1) is 0 Å². The number of nitriles is 1. The fourth-order valence-corrected chi connectivity index (χ4v) is 1.28. The topological polar surface area (TPSA) is 40.8 Å². The second-order valence-electron chi connectivity index (χ2n) is 3.13. The highest BCUT2D eigenvalue weighted by Crippen LogP contribution is 2.20. The van der Waals surface area contributed by atoms with Crippen LogP contribution in [0.5, 0.6) is 0 Å². The van der Waals surface area contributed by atoms with Crippen LogP contribution < -0.4 is 5.43 Å². The van der Waals surface area contributed by atoms with E-state index in [4.69, 9.17) is 5.26 Å². The van der Waals surface area contributed by atoms with E-state index in [1.165, 1.54) is 4.68 Å². The smallest absolute Gasteiger partial charge is 0.152 e. The van der Waals surface area contributed by atoms with Crippen LogP contribution in [0, 0.1) is 23.0 Å². The second kappa shape index (κ2) is 4.03. The van der Waals surface area contributed by atoms with E-state index in [1.54, 1.807) is 30.6 Å². The highest BCUT2D eigenvalue weighted by Gasteiger charge is 2.10. The summed E-state index contributed by atoms with van der Waals surface area (Å²) in [5.74, 6) is -1.60. The first-order valence-corrected chi connectivity index (χ1v) is 4.50. The Bertz CT molecular complexity index is 518. The maximum Gasteiger partial charge on any atom is 0.152 e. The summed E-state index contributed by atoms with van der Waals surface area (Å²) >= 11 is 0. The molecule has 0 aliphatic rings. The van der Waals surface area contributed by atoms with Crippen molar-refractivity contribution in [3.05, 3.63) is 53.9 Å². The van der Waals surface area contributed by atoms with Crippen molar-refractivity contribution < 1.29 is 8.78 Å². The van der Waals surface area contributed by atoms with Crippen molar-refractivity contribution in [2.75, 3.05) is 5.43 Å². The number of anilines is 1. The highest BCUT2D eigenvalue weighted by atomic mass is 19.1. The van der Waals surface area contributed by atoms with E-state index in [0.29, 0.717) is 0 Å². The number of nitrogens with zero attached hydrogens (tertiary/aromatic N) is 2. The van der Waals surface area contributed by atoms with Crippen LogP contribution >= 0.6 is 0 Å². The van der Waals surface area contributed by atoms with Crippen molar-refractivity contribution in [1.82, 2.24) is 4.68 Å². The predicted octanol–water partition coefficient (Wildman–Crippen LogP) is 2.51. The van der Waals surface area contributed by atoms with E-state index in [0.717, 1.165) is 12.1 Å². The SMILES string of the molecule is N#Cc1cc(F)c(Nn2cccc2)c(F)c1. The van der Waals surface area contributed by atoms with Gasteiger partial charge in [0.25, 0.3) is 0 Å². The van der Waals surface area contributed by atoms with Crippen molar-refractivity contribution >= 4 is 5.69 Å². The first kappa shape index (κ1) is 10.2. The largest absolute Gasteiger partial charge is 0.289 e. The Morgan fingerprint density at radius 3 is 2.19 bits per heavy atom. The van der Waals surface area contributed by atoms with Crippen LogP contribution in [-0.2, 0) is 0 Å². The van der Waals surface area contributed by atoms with Gasteiger partial charge in [-0.2, -0.15) is 5.26 Å². The van der Waals surface area contributed by atoms with Crippen molar-refractivity contribution in [2.45, 2.75) is 0 Å². The molecular weight excluding hydrogens is 212 g/mol. The molecule has 1 aromatic carbocycles. The van der Waals surface area contributed by atoms with E-state index < -0.39 is 11.6 Å². The van der Waals surface area contributed by atoms with Crippen LogP contribution in [-0.4, -0.2) is 4.68 Å². The Hall–Kier alpha value is -2.35. The Labute approximate surface area is 90.5 Å². The predicted molar refractivity (Wildman–Crippen MR) is 54.5 cm³/mol. The highest BCUT2D eigenvalue weighted by molar-refractivity contribution is 5.50. The summed E-state index contributed by atoms with van der Waals surface area (Å²) in [6.45, 7) is 0. The minimum absolute atomic E-state index is 0.0481. The van der Waals surface area contributed by atoms with Gasteiger partial charge < -0.3 is 0 Å². The van der Waals surface area contributed by atoms with Gasteiger partial charge in [0.15, 0.2) is 11.6 Å². The monoisotopic (exact) mass is 219 g/mol. The van der Waals surface area contributed by atoms with E-state index in [-0.39, 0.29) is 11.3 Å². The van der Waals surface area contributed by atoms with Gasteiger partial charge in [0.1, 0.15) is 5.69 Å². The van der Waals surface area contributed by atoms with Crippen LogP contribution in [0.2, 0.25) is 0 Å². The Morgan fingerprint density at radius 2 is 1.69 bits per heavy atom. The van der Waals surface area contributed by atoms with Gasteiger partial charge >= 0.3 is 0 Å². The number of aromatic nitrogens is 1. The minimum atomic E-state index is -0.801. The Kier molecular flexibility index (Phi) is 2.56. The molecule has 1 aromatic heterocycles. The molecule has 3 nitrogen and oxygen atoms in total. The molecule has 0 saturated carbocycles. The molecule has 5 heteroatoms. The number of benzene rings is 1. The molecule has 2 aromatic rings. The molecule has 16 heavy (non-hydrogen) atoms. The lowest BCUT2D eigenvalue weighted by atomic mass is 10.2. The molecular formula is C11H7F2N3. The summed E-state index contributed by atoms with van der Waals surface area (Å²) < 4.78 is 28.3. The summed E-state index contributed by atoms with van der Waals surface area (Å²) in [6.07, 6.45) is 3.22. The molecule has 0 bridgehead atoms. The zero-order valence-corrected chi connectivity index (χ0v) is 8.11. The van der Waals surface area contributed by atoms with E-state index in [9.17, 15) is 8.78 Å². The number of halogens is 2. The normalized spacial score (nSPS) is 9.81. The van der Waals surface area contributed by atoms with Gasteiger partial charge in [-0.3, -0.25) is 10.1 Å². The molecule has 0 spiro atoms. The molecule has 1 N–H and O–H groups in total. The molecule has 0 unspecified atom stereocenters. The maximum atomic E-state index is 13.4. The van der Waals surface area contributed by atoms with Crippen molar-refractivity contribution in [3.63, 3.8) is 0 Å². The van der Waals surface area contributed by atoms with E-state index in [1.807, 2.05) is 0 Å². The van der Waals surface area contributed by atoms with Crippen LogP contribution in [0.4, 0.5) is 14.5 Å². The number of hydrogen-bond acceptors (Lipinski definition) is 2. The van der Waals surface area contributed by atoms with Crippen LogP contribution in [0.3, 0.4) is 0 Å². The third-order valence-electron chi connectivity index (χ3n) is 2.02. The molecule has 2 rings (SSSR count). The van der Waals surface area contributed by atoms with Gasteiger partial charge in [-0.05, 0) is 24.3 Å². The lowest BCUT2D eigenvalue weighted by molar-refractivity contribution is 0.584. The van der Waals surface area contributed by atoms with Gasteiger partial charge in [-0.25, -0.2) is 8.78 Å². The van der Waals surface area contributed by atoms with Gasteiger partial charge in [0.2, 0.25) is 0 Å². The van der Waals surface area contributed by atoms with Crippen molar-refractivity contribution in [2.24, 2.45) is 0 Å². The van der Waals surface area contributed by atoms with Crippen LogP contribution in [0.15, 0.2) is 36.7 Å². The lowest BCUT2D eigenvalue weighted by Gasteiger charge is -2.09. The summed E-state index contributed by atoms with van der Waals surface area (Å²) in [7, 11) is 0. The average Bonchev–Trinajstić information content (AvgIpc) is 2.75. The van der Waals surface area contributed by atoms with Crippen molar-refractivity contribution in [1.29, 1.82) is 5.26 Å². The molecule has 0 saturated heterocycles. The number of nitrogens with one attached hydrogen (secondary N) is 1. The first-order chi connectivity index (χ1) is 7.70.